The first-order chi connectivity index (χ1) is 13.2. The summed E-state index contributed by atoms with van der Waals surface area (Å²) in [7, 11) is 0. The number of aromatic nitrogens is 3. The van der Waals surface area contributed by atoms with Gasteiger partial charge in [0, 0.05) is 24.5 Å². The number of para-hydroxylation sites is 1. The molecule has 2 heterocycles. The van der Waals surface area contributed by atoms with Gasteiger partial charge in [-0.1, -0.05) is 42.5 Å². The van der Waals surface area contributed by atoms with Crippen LogP contribution >= 0.6 is 0 Å². The highest BCUT2D eigenvalue weighted by atomic mass is 16.2. The molecule has 0 bridgehead atoms. The quantitative estimate of drug-likeness (QED) is 0.576. The highest BCUT2D eigenvalue weighted by molar-refractivity contribution is 5.97. The van der Waals surface area contributed by atoms with E-state index in [2.05, 4.69) is 15.4 Å². The summed E-state index contributed by atoms with van der Waals surface area (Å²) in [6.07, 6.45) is 3.63. The number of hydrogen-bond acceptors (Lipinski definition) is 3. The highest BCUT2D eigenvalue weighted by Gasteiger charge is 2.12. The van der Waals surface area contributed by atoms with Gasteiger partial charge in [0.1, 0.15) is 5.56 Å². The molecule has 6 nitrogen and oxygen atoms in total. The van der Waals surface area contributed by atoms with E-state index in [1.54, 1.807) is 12.3 Å². The summed E-state index contributed by atoms with van der Waals surface area (Å²) in [6.45, 7) is 0.956. The van der Waals surface area contributed by atoms with E-state index in [9.17, 15) is 9.59 Å². The Labute approximate surface area is 155 Å². The molecule has 27 heavy (non-hydrogen) atoms. The van der Waals surface area contributed by atoms with Crippen molar-refractivity contribution in [1.29, 1.82) is 0 Å². The van der Waals surface area contributed by atoms with Gasteiger partial charge in [-0.05, 0) is 34.7 Å². The molecule has 0 saturated heterocycles. The maximum Gasteiger partial charge on any atom is 0.261 e. The molecule has 4 aromatic rings. The fourth-order valence-electron chi connectivity index (χ4n) is 3.04. The third kappa shape index (κ3) is 3.64. The number of aromatic amines is 1. The molecule has 0 aliphatic carbocycles. The Hall–Kier alpha value is -3.67. The fraction of sp³-hybridized carbons (Fsp3) is 0.0952. The molecule has 0 aliphatic heterocycles. The Morgan fingerprint density at radius 2 is 1.81 bits per heavy atom. The smallest absolute Gasteiger partial charge is 0.261 e. The number of nitrogens with zero attached hydrogens (tertiary/aromatic N) is 2. The van der Waals surface area contributed by atoms with Crippen LogP contribution in [0.5, 0.6) is 0 Å². The van der Waals surface area contributed by atoms with Crippen LogP contribution in [0, 0.1) is 0 Å². The molecule has 0 saturated carbocycles. The van der Waals surface area contributed by atoms with Crippen molar-refractivity contribution in [3.8, 4) is 0 Å². The number of H-pyrrole nitrogens is 1. The van der Waals surface area contributed by atoms with Gasteiger partial charge in [-0.15, -0.1) is 0 Å². The van der Waals surface area contributed by atoms with Crippen molar-refractivity contribution >= 4 is 16.8 Å². The van der Waals surface area contributed by atoms with E-state index in [0.717, 1.165) is 16.5 Å². The van der Waals surface area contributed by atoms with E-state index in [1.165, 1.54) is 0 Å². The largest absolute Gasteiger partial charge is 0.348 e. The van der Waals surface area contributed by atoms with Crippen molar-refractivity contribution in [2.45, 2.75) is 13.1 Å². The predicted octanol–water partition coefficient (Wildman–Crippen LogP) is 2.70. The van der Waals surface area contributed by atoms with Crippen LogP contribution in [0.15, 0.2) is 77.9 Å². The topological polar surface area (TPSA) is 79.8 Å². The maximum atomic E-state index is 12.6. The summed E-state index contributed by atoms with van der Waals surface area (Å²) >= 11 is 0. The summed E-state index contributed by atoms with van der Waals surface area (Å²) in [5.74, 6) is -0.393. The Bertz CT molecular complexity index is 1150. The summed E-state index contributed by atoms with van der Waals surface area (Å²) < 4.78 is 1.83. The Morgan fingerprint density at radius 1 is 1.04 bits per heavy atom. The minimum Gasteiger partial charge on any atom is -0.348 e. The van der Waals surface area contributed by atoms with Crippen LogP contribution in [-0.4, -0.2) is 20.7 Å². The van der Waals surface area contributed by atoms with Gasteiger partial charge < -0.3 is 10.3 Å². The molecule has 0 aliphatic rings. The summed E-state index contributed by atoms with van der Waals surface area (Å²) in [5.41, 5.74) is 2.48. The van der Waals surface area contributed by atoms with Crippen LogP contribution in [0.3, 0.4) is 0 Å². The van der Waals surface area contributed by atoms with Gasteiger partial charge in [-0.2, -0.15) is 5.10 Å². The molecule has 0 atom stereocenters. The molecule has 0 radical (unpaired) electrons. The van der Waals surface area contributed by atoms with Crippen LogP contribution in [-0.2, 0) is 13.1 Å². The number of hydrogen-bond donors (Lipinski definition) is 2. The second-order valence-electron chi connectivity index (χ2n) is 6.25. The van der Waals surface area contributed by atoms with Crippen LogP contribution < -0.4 is 10.9 Å². The number of fused-ring (bicyclic) bond motifs is 1. The van der Waals surface area contributed by atoms with Gasteiger partial charge in [-0.25, -0.2) is 0 Å². The Morgan fingerprint density at radius 3 is 2.63 bits per heavy atom. The van der Waals surface area contributed by atoms with Crippen molar-refractivity contribution in [2.75, 3.05) is 0 Å². The Balaban J connectivity index is 1.53. The lowest BCUT2D eigenvalue weighted by Gasteiger charge is -2.11. The number of pyridine rings is 1. The molecular weight excluding hydrogens is 340 g/mol. The van der Waals surface area contributed by atoms with Crippen LogP contribution in [0.25, 0.3) is 10.9 Å². The summed E-state index contributed by atoms with van der Waals surface area (Å²) in [5, 5.41) is 7.89. The first kappa shape index (κ1) is 16.8. The lowest BCUT2D eigenvalue weighted by atomic mass is 10.1. The van der Waals surface area contributed by atoms with Crippen molar-refractivity contribution in [2.24, 2.45) is 0 Å². The number of carbonyl (C=O) groups is 1. The first-order valence-corrected chi connectivity index (χ1v) is 8.65. The zero-order valence-electron chi connectivity index (χ0n) is 14.6. The van der Waals surface area contributed by atoms with Gasteiger partial charge in [0.05, 0.1) is 6.54 Å². The minimum atomic E-state index is -0.393. The molecule has 0 spiro atoms. The molecule has 2 aromatic heterocycles. The van der Waals surface area contributed by atoms with Crippen molar-refractivity contribution in [3.63, 3.8) is 0 Å². The number of carbonyl (C=O) groups excluding carboxylic acids is 1. The molecule has 6 heteroatoms. The summed E-state index contributed by atoms with van der Waals surface area (Å²) in [4.78, 5) is 27.5. The predicted molar refractivity (Wildman–Crippen MR) is 104 cm³/mol. The SMILES string of the molecule is O=C(NCc1ccccc1Cn1cccn1)c1cc2ccccc2[nH]c1=O. The molecule has 0 fully saturated rings. The Kier molecular flexibility index (Phi) is 4.53. The maximum absolute atomic E-state index is 12.6. The second-order valence-corrected chi connectivity index (χ2v) is 6.25. The third-order valence-electron chi connectivity index (χ3n) is 4.45. The zero-order valence-corrected chi connectivity index (χ0v) is 14.6. The van der Waals surface area contributed by atoms with Crippen molar-refractivity contribution in [1.82, 2.24) is 20.1 Å². The normalized spacial score (nSPS) is 10.8. The van der Waals surface area contributed by atoms with Crippen molar-refractivity contribution in [3.05, 3.63) is 100 Å². The van der Waals surface area contributed by atoms with Crippen molar-refractivity contribution < 1.29 is 4.79 Å². The van der Waals surface area contributed by atoms with E-state index in [4.69, 9.17) is 0 Å². The van der Waals surface area contributed by atoms with Crippen LogP contribution in [0.4, 0.5) is 0 Å². The molecule has 2 N–H and O–H groups in total. The molecule has 134 valence electrons. The van der Waals surface area contributed by atoms with E-state index in [-0.39, 0.29) is 5.56 Å². The fourth-order valence-corrected chi connectivity index (χ4v) is 3.04. The van der Waals surface area contributed by atoms with E-state index < -0.39 is 11.5 Å². The summed E-state index contributed by atoms with van der Waals surface area (Å²) in [6, 6.07) is 18.7. The van der Waals surface area contributed by atoms with E-state index in [0.29, 0.717) is 18.6 Å². The number of nitrogens with one attached hydrogen (secondary N) is 2. The average Bonchev–Trinajstić information content (AvgIpc) is 3.19. The molecule has 4 rings (SSSR count). The van der Waals surface area contributed by atoms with Gasteiger partial charge in [0.25, 0.3) is 11.5 Å². The monoisotopic (exact) mass is 358 g/mol. The highest BCUT2D eigenvalue weighted by Crippen LogP contribution is 2.12. The van der Waals surface area contributed by atoms with E-state index in [1.807, 2.05) is 65.5 Å². The molecular formula is C21H18N4O2. The molecule has 0 unspecified atom stereocenters. The standard InChI is InChI=1S/C21H18N4O2/c26-20(18-12-15-6-3-4-9-19(15)24-21(18)27)22-13-16-7-1-2-8-17(16)14-25-11-5-10-23-25/h1-12H,13-14H2,(H,22,26)(H,24,27). The molecule has 1 amide bonds. The van der Waals surface area contributed by atoms with Gasteiger partial charge in [0.2, 0.25) is 0 Å². The van der Waals surface area contributed by atoms with Gasteiger partial charge in [0.15, 0.2) is 0 Å². The lowest BCUT2D eigenvalue weighted by molar-refractivity contribution is 0.0949. The lowest BCUT2D eigenvalue weighted by Crippen LogP contribution is -2.29. The number of benzene rings is 2. The first-order valence-electron chi connectivity index (χ1n) is 8.65. The minimum absolute atomic E-state index is 0.109. The molecule has 2 aromatic carbocycles. The third-order valence-corrected chi connectivity index (χ3v) is 4.45. The van der Waals surface area contributed by atoms with E-state index >= 15 is 0 Å². The van der Waals surface area contributed by atoms with Gasteiger partial charge in [-0.3, -0.25) is 14.3 Å². The zero-order chi connectivity index (χ0) is 18.6. The number of rotatable bonds is 5. The van der Waals surface area contributed by atoms with Crippen LogP contribution in [0.1, 0.15) is 21.5 Å². The van der Waals surface area contributed by atoms with Crippen LogP contribution in [0.2, 0.25) is 0 Å². The second kappa shape index (κ2) is 7.29. The number of amides is 1. The van der Waals surface area contributed by atoms with Gasteiger partial charge >= 0.3 is 0 Å². The average molecular weight is 358 g/mol.